The van der Waals surface area contributed by atoms with Gasteiger partial charge in [-0.05, 0) is 125 Å². The average Bonchev–Trinajstić information content (AvgIpc) is 1.70. The number of benzene rings is 3. The van der Waals surface area contributed by atoms with Crippen LogP contribution in [-0.2, 0) is 107 Å². The molecule has 16 amide bonds. The lowest BCUT2D eigenvalue weighted by Crippen LogP contribution is -2.60. The van der Waals surface area contributed by atoms with Crippen LogP contribution < -0.4 is 70.8 Å². The number of carbonyl (C=O) groups is 17. The molecule has 3 aromatic heterocycles. The second kappa shape index (κ2) is 51.6. The van der Waals surface area contributed by atoms with E-state index in [1.54, 1.807) is 50.5 Å². The minimum Gasteiger partial charge on any atom is -0.508 e. The number of nitrogens with two attached hydrogens (primary N) is 4. The number of unbranched alkanes of at least 4 members (excludes halogenated alkanes) is 2. The highest BCUT2D eigenvalue weighted by atomic mass is 32.2. The fourth-order valence-corrected chi connectivity index (χ4v) is 18.0. The van der Waals surface area contributed by atoms with Crippen molar-refractivity contribution in [3.8, 4) is 5.75 Å². The van der Waals surface area contributed by atoms with Gasteiger partial charge in [0.1, 0.15) is 78.3 Å². The average molecular weight is 1900 g/mol. The number of H-pyrrole nitrogens is 3. The van der Waals surface area contributed by atoms with Crippen LogP contribution in [0.4, 0.5) is 0 Å². The number of Topliss-reactive ketones (excluding diaryl/α,β-unsaturated/α-hetero) is 1. The topological polar surface area (TPSA) is 619 Å². The number of aliphatic hydroxyl groups excluding tert-OH is 1. The molecule has 3 aliphatic rings. The Kier molecular flexibility index (Phi) is 41.1. The van der Waals surface area contributed by atoms with E-state index in [0.29, 0.717) is 64.2 Å². The molecule has 3 saturated heterocycles. The number of thioether (sulfide) groups is 1. The first-order chi connectivity index (χ1) is 63.9. The third-order valence-electron chi connectivity index (χ3n) is 24.6. The molecule has 3 aliphatic heterocycles. The summed E-state index contributed by atoms with van der Waals surface area (Å²) in [5.74, 6) is -17.6. The molecule has 22 N–H and O–H groups in total. The molecule has 41 nitrogen and oxygen atoms in total. The summed E-state index contributed by atoms with van der Waals surface area (Å²) in [6.45, 7) is 7.17. The van der Waals surface area contributed by atoms with Gasteiger partial charge in [0.15, 0.2) is 5.78 Å². The molecule has 0 aliphatic carbocycles. The van der Waals surface area contributed by atoms with Crippen LogP contribution in [0.5, 0.6) is 5.75 Å². The number of fused-ring (bicyclic) bond motifs is 4. The summed E-state index contributed by atoms with van der Waals surface area (Å²) >= 11 is 0.789. The Balaban J connectivity index is 0.0000224. The summed E-state index contributed by atoms with van der Waals surface area (Å²) in [4.78, 5) is 270. The maximum atomic E-state index is 15.8. The van der Waals surface area contributed by atoms with Crippen molar-refractivity contribution in [2.75, 3.05) is 65.4 Å². The normalized spacial score (nSPS) is 24.8. The number of imidazole rings is 1. The second-order valence-corrected chi connectivity index (χ2v) is 36.1. The molecule has 6 aromatic rings. The summed E-state index contributed by atoms with van der Waals surface area (Å²) in [6.07, 6.45) is 4.02. The molecule has 6 heterocycles. The van der Waals surface area contributed by atoms with Gasteiger partial charge in [-0.25, -0.2) is 4.98 Å². The van der Waals surface area contributed by atoms with Gasteiger partial charge in [0, 0.05) is 118 Å². The van der Waals surface area contributed by atoms with Crippen LogP contribution >= 0.6 is 11.8 Å². The summed E-state index contributed by atoms with van der Waals surface area (Å²) in [5.41, 5.74) is 26.7. The number of ketones is 1. The zero-order valence-corrected chi connectivity index (χ0v) is 77.9. The Morgan fingerprint density at radius 3 is 1.73 bits per heavy atom. The third-order valence-corrected chi connectivity index (χ3v) is 25.6. The fourth-order valence-electron chi connectivity index (χ4n) is 17.1. The van der Waals surface area contributed by atoms with E-state index in [1.165, 1.54) is 74.7 Å². The van der Waals surface area contributed by atoms with E-state index >= 15 is 38.4 Å². The Labute approximate surface area is 788 Å². The van der Waals surface area contributed by atoms with Crippen molar-refractivity contribution in [2.45, 2.75) is 249 Å². The Morgan fingerprint density at radius 2 is 1.12 bits per heavy atom. The van der Waals surface area contributed by atoms with Crippen LogP contribution in [-0.4, -0.2) is 305 Å². The smallest absolute Gasteiger partial charge is 0.246 e. The lowest BCUT2D eigenvalue weighted by molar-refractivity contribution is -0.149. The first-order valence-electron chi connectivity index (χ1n) is 45.7. The molecule has 135 heavy (non-hydrogen) atoms. The molecule has 3 fully saturated rings. The summed E-state index contributed by atoms with van der Waals surface area (Å²) in [6, 6.07) is 0.813. The van der Waals surface area contributed by atoms with E-state index in [2.05, 4.69) is 67.8 Å². The minimum absolute atomic E-state index is 0. The molecule has 42 heteroatoms. The SMILES string of the molecule is C.CCCC[C@H]1C(=O)N(C)[C@@H](CCCC)C(=O)N[C@@H](CCCN)C(=O)N[C@H](C(=O)NCC(N)=O)CSCC(=O)N[C@@H](Cc2ccc(O)cc2)C(=O)N(C)[C@@H](C)C(=O)N[C@@H](CC(N)=O)C(=O)N2CCC[C@H]2C(=O)N[C@@H](Cc2c[nH]cn2)C(=O)N[C@@H](CC(C)C)C(=O)N2C[C@H](O)C[C@H]2C(=O)C[C@@H](Cc2c[nH]c3ccccc23)C(=O)N[C@@H](CCN)C(=O)N[C@@H](Cc2c[nH]c3ccccc23)C(=O)N1C. The highest BCUT2D eigenvalue weighted by Gasteiger charge is 2.47. The van der Waals surface area contributed by atoms with Gasteiger partial charge >= 0.3 is 0 Å². The van der Waals surface area contributed by atoms with Crippen molar-refractivity contribution in [2.24, 2.45) is 34.8 Å². The van der Waals surface area contributed by atoms with Gasteiger partial charge in [0.05, 0.1) is 42.9 Å². The van der Waals surface area contributed by atoms with E-state index in [4.69, 9.17) is 22.9 Å². The molecule has 3 aromatic carbocycles. The van der Waals surface area contributed by atoms with Gasteiger partial charge < -0.3 is 120 Å². The number of aromatic nitrogens is 4. The van der Waals surface area contributed by atoms with E-state index in [-0.39, 0.29) is 128 Å². The third kappa shape index (κ3) is 29.8. The Hall–Kier alpha value is -12.8. The standard InChI is InChI=1S/C92H130N22O19S.CH4/c1-9-11-24-72-86(127)104-64(23-17-32-93)83(124)109-71(82(123)100-46-78(96)119)48-134-49-79(120)102-68(36-53-27-29-58(115)30-28-53)88(129)110(6)52(5)80(121)106-70(42-77(95)118)90(131)113-34-18-26-73(113)87(128)105-66(40-57-45-97-50-101-57)85(126)107-67(35-51(3)4)91(132)114-47-59(116)41-75(114)76(117)39-54(37-55-43-98-62-21-15-13-19-60(55)62)81(122)103-65(31-33-94)84(125)108-69(38-56-44-99-63-22-16-14-20-61(56)63)89(130)112(8)74(25-12-10-2)92(133)111(72)7;/h13-16,19-22,27-30,43-45,50-52,54,59,64-75,98-99,115-116H,9-12,17-18,23-26,31-42,46-49,93-94H2,1-8H3,(H2,95,118)(H2,96,119)(H,97,101)(H,100,123)(H,102,120)(H,103,122)(H,104,127)(H,105,128)(H,106,121)(H,107,126)(H,108,125)(H,109,124);1H4/t52-,54+,59+,64-,65-,66-,67-,68-,69-,70-,71-,72-,73-,74-,75-;/m0./s1. The number of aromatic amines is 3. The van der Waals surface area contributed by atoms with Crippen LogP contribution in [0.15, 0.2) is 97.7 Å². The first-order valence-corrected chi connectivity index (χ1v) is 46.8. The number of phenols is 1. The number of primary amides is 2. The van der Waals surface area contributed by atoms with Crippen LogP contribution in [0, 0.1) is 11.8 Å². The van der Waals surface area contributed by atoms with Gasteiger partial charge in [0.2, 0.25) is 94.5 Å². The van der Waals surface area contributed by atoms with E-state index < -0.39 is 228 Å². The predicted octanol–water partition coefficient (Wildman–Crippen LogP) is -0.370. The number of para-hydroxylation sites is 2. The largest absolute Gasteiger partial charge is 0.508 e. The zero-order valence-electron chi connectivity index (χ0n) is 77.1. The number of carbonyl (C=O) groups excluding carboxylic acids is 17. The highest BCUT2D eigenvalue weighted by Crippen LogP contribution is 2.30. The lowest BCUT2D eigenvalue weighted by atomic mass is 9.90. The van der Waals surface area contributed by atoms with E-state index in [9.17, 15) is 53.4 Å². The predicted molar refractivity (Wildman–Crippen MR) is 503 cm³/mol. The second-order valence-electron chi connectivity index (χ2n) is 35.1. The number of nitrogens with zero attached hydrogens (tertiary/aromatic N) is 6. The van der Waals surface area contributed by atoms with Gasteiger partial charge in [-0.2, -0.15) is 0 Å². The summed E-state index contributed by atoms with van der Waals surface area (Å²) in [7, 11) is 4.01. The number of phenolic OH excluding ortho intramolecular Hbond substituents is 1. The van der Waals surface area contributed by atoms with Crippen molar-refractivity contribution >= 4 is 134 Å². The van der Waals surface area contributed by atoms with E-state index in [0.717, 1.165) is 26.5 Å². The molecule has 0 radical (unpaired) electrons. The number of nitrogens with one attached hydrogen (secondary N) is 12. The Bertz CT molecular complexity index is 5130. The first kappa shape index (κ1) is 108. The van der Waals surface area contributed by atoms with Crippen LogP contribution in [0.1, 0.15) is 161 Å². The molecule has 9 rings (SSSR count). The lowest BCUT2D eigenvalue weighted by Gasteiger charge is -2.36. The number of amides is 16. The van der Waals surface area contributed by atoms with Crippen molar-refractivity contribution in [3.63, 3.8) is 0 Å². The molecule has 0 saturated carbocycles. The number of hydrogen-bond donors (Lipinski definition) is 18. The quantitative estimate of drug-likeness (QED) is 0.0329. The molecular formula is C93H134N22O19S. The highest BCUT2D eigenvalue weighted by molar-refractivity contribution is 8.00. The monoisotopic (exact) mass is 1890 g/mol. The van der Waals surface area contributed by atoms with Crippen molar-refractivity contribution in [1.29, 1.82) is 0 Å². The van der Waals surface area contributed by atoms with Crippen LogP contribution in [0.2, 0.25) is 0 Å². The van der Waals surface area contributed by atoms with Crippen LogP contribution in [0.25, 0.3) is 21.8 Å². The molecule has 0 spiro atoms. The number of likely N-dealkylation sites (N-methyl/N-ethyl adjacent to an activating group) is 3. The molecule has 736 valence electrons. The molecule has 0 bridgehead atoms. The number of aromatic hydroxyl groups is 1. The van der Waals surface area contributed by atoms with Crippen LogP contribution in [0.3, 0.4) is 0 Å². The summed E-state index contributed by atoms with van der Waals surface area (Å²) < 4.78 is 0. The van der Waals surface area contributed by atoms with Crippen molar-refractivity contribution in [3.05, 3.63) is 120 Å². The van der Waals surface area contributed by atoms with Gasteiger partial charge in [0.25, 0.3) is 0 Å². The molecular weight excluding hydrogens is 1760 g/mol. The minimum atomic E-state index is -1.77. The summed E-state index contributed by atoms with van der Waals surface area (Å²) in [5, 5.41) is 47.4. The number of aliphatic hydroxyl groups is 1. The van der Waals surface area contributed by atoms with Crippen molar-refractivity contribution < 1.29 is 91.7 Å². The van der Waals surface area contributed by atoms with Crippen molar-refractivity contribution in [1.82, 2.24) is 92.3 Å². The maximum absolute atomic E-state index is 15.8. The van der Waals surface area contributed by atoms with Gasteiger partial charge in [-0.15, -0.1) is 11.8 Å². The van der Waals surface area contributed by atoms with Gasteiger partial charge in [-0.3, -0.25) is 81.5 Å². The molecule has 15 atom stereocenters. The number of hydrogen-bond acceptors (Lipinski definition) is 23. The number of rotatable bonds is 26. The zero-order chi connectivity index (χ0) is 97.7. The van der Waals surface area contributed by atoms with Gasteiger partial charge in [-0.1, -0.05) is 109 Å². The fraction of sp³-hybridized carbons (Fsp3) is 0.548. The maximum Gasteiger partial charge on any atom is 0.246 e. The van der Waals surface area contributed by atoms with E-state index in [1.807, 2.05) is 38.1 Å². The molecule has 0 unspecified atom stereocenters. The Morgan fingerprint density at radius 1 is 0.556 bits per heavy atom.